The van der Waals surface area contributed by atoms with Gasteiger partial charge in [-0.05, 0) is 6.42 Å². The minimum atomic E-state index is -1.03. The first-order valence-electron chi connectivity index (χ1n) is 3.78. The van der Waals surface area contributed by atoms with Crippen molar-refractivity contribution >= 4 is 23.6 Å². The second kappa shape index (κ2) is 5.64. The molecule has 0 aliphatic heterocycles. The Kier molecular flexibility index (Phi) is 5.22. The number of nitrogens with zero attached hydrogens (tertiary/aromatic N) is 1. The second-order valence-electron chi connectivity index (χ2n) is 2.57. The highest BCUT2D eigenvalue weighted by Gasteiger charge is 2.15. The van der Waals surface area contributed by atoms with Gasteiger partial charge in [-0.3, -0.25) is 4.79 Å². The molecule has 1 atom stereocenters. The molecule has 0 aromatic rings. The van der Waals surface area contributed by atoms with Gasteiger partial charge < -0.3 is 15.3 Å². The zero-order valence-corrected chi connectivity index (χ0v) is 8.34. The summed E-state index contributed by atoms with van der Waals surface area (Å²) in [5.41, 5.74) is 0. The molecule has 2 amide bonds. The largest absolute Gasteiger partial charge is 0.465 e. The van der Waals surface area contributed by atoms with E-state index >= 15 is 0 Å². The average molecular weight is 209 g/mol. The molecule has 76 valence electrons. The molecular weight excluding hydrogens is 196 g/mol. The fourth-order valence-corrected chi connectivity index (χ4v) is 0.897. The summed E-state index contributed by atoms with van der Waals surface area (Å²) in [7, 11) is 2.91. The number of hydrogen-bond acceptors (Lipinski definition) is 2. The molecule has 0 bridgehead atoms. The molecule has 0 aliphatic carbocycles. The Hall–Kier alpha value is -0.970. The summed E-state index contributed by atoms with van der Waals surface area (Å²) in [5, 5.41) is 10.2. The fourth-order valence-electron chi connectivity index (χ4n) is 0.690. The SMILES string of the molecule is CNC(=O)C(Cl)CCN(C)C(=O)O. The number of carbonyl (C=O) groups excluding carboxylic acids is 1. The maximum atomic E-state index is 10.9. The number of carbonyl (C=O) groups is 2. The molecule has 0 aliphatic rings. The van der Waals surface area contributed by atoms with Crippen LogP contribution in [-0.2, 0) is 4.79 Å². The Balaban J connectivity index is 3.76. The van der Waals surface area contributed by atoms with Crippen molar-refractivity contribution in [3.05, 3.63) is 0 Å². The van der Waals surface area contributed by atoms with Gasteiger partial charge in [0.05, 0.1) is 0 Å². The molecule has 0 spiro atoms. The van der Waals surface area contributed by atoms with Gasteiger partial charge in [-0.1, -0.05) is 0 Å². The van der Waals surface area contributed by atoms with Crippen LogP contribution in [0.4, 0.5) is 4.79 Å². The molecule has 1 unspecified atom stereocenters. The maximum absolute atomic E-state index is 10.9. The zero-order valence-electron chi connectivity index (χ0n) is 7.58. The van der Waals surface area contributed by atoms with Gasteiger partial charge in [-0.25, -0.2) is 4.79 Å². The Morgan fingerprint density at radius 3 is 2.54 bits per heavy atom. The smallest absolute Gasteiger partial charge is 0.407 e. The standard InChI is InChI=1S/C7H13ClN2O3/c1-9-6(11)5(8)3-4-10(2)7(12)13/h5H,3-4H2,1-2H3,(H,9,11)(H,12,13). The third kappa shape index (κ3) is 4.57. The Bertz CT molecular complexity index is 198. The van der Waals surface area contributed by atoms with Crippen LogP contribution in [-0.4, -0.2) is 48.0 Å². The van der Waals surface area contributed by atoms with Gasteiger partial charge >= 0.3 is 6.09 Å². The highest BCUT2D eigenvalue weighted by atomic mass is 35.5. The summed E-state index contributed by atoms with van der Waals surface area (Å²) >= 11 is 5.65. The van der Waals surface area contributed by atoms with E-state index in [0.717, 1.165) is 4.90 Å². The Morgan fingerprint density at radius 1 is 1.62 bits per heavy atom. The van der Waals surface area contributed by atoms with Crippen molar-refractivity contribution in [2.45, 2.75) is 11.8 Å². The average Bonchev–Trinajstić information content (AvgIpc) is 2.11. The summed E-state index contributed by atoms with van der Waals surface area (Å²) in [5.74, 6) is -0.291. The van der Waals surface area contributed by atoms with Crippen molar-refractivity contribution in [2.75, 3.05) is 20.6 Å². The van der Waals surface area contributed by atoms with E-state index in [1.807, 2.05) is 0 Å². The van der Waals surface area contributed by atoms with Crippen LogP contribution >= 0.6 is 11.6 Å². The summed E-state index contributed by atoms with van der Waals surface area (Å²) in [6, 6.07) is 0. The van der Waals surface area contributed by atoms with Gasteiger partial charge in [0.25, 0.3) is 0 Å². The van der Waals surface area contributed by atoms with E-state index in [1.54, 1.807) is 0 Å². The van der Waals surface area contributed by atoms with Crippen LogP contribution in [0.5, 0.6) is 0 Å². The summed E-state index contributed by atoms with van der Waals surface area (Å²) in [4.78, 5) is 22.3. The number of carboxylic acid groups (broad SMARTS) is 1. The van der Waals surface area contributed by atoms with Crippen molar-refractivity contribution in [2.24, 2.45) is 0 Å². The van der Waals surface area contributed by atoms with Crippen molar-refractivity contribution in [1.29, 1.82) is 0 Å². The lowest BCUT2D eigenvalue weighted by Crippen LogP contribution is -2.33. The van der Waals surface area contributed by atoms with E-state index in [2.05, 4.69) is 5.32 Å². The summed E-state index contributed by atoms with van der Waals surface area (Å²) < 4.78 is 0. The van der Waals surface area contributed by atoms with Crippen molar-refractivity contribution < 1.29 is 14.7 Å². The van der Waals surface area contributed by atoms with Crippen LogP contribution in [0.25, 0.3) is 0 Å². The van der Waals surface area contributed by atoms with E-state index in [4.69, 9.17) is 16.7 Å². The van der Waals surface area contributed by atoms with Gasteiger partial charge in [0, 0.05) is 20.6 Å². The number of amides is 2. The lowest BCUT2D eigenvalue weighted by atomic mass is 10.3. The molecule has 0 aromatic carbocycles. The Labute approximate surface area is 81.7 Å². The molecule has 2 N–H and O–H groups in total. The van der Waals surface area contributed by atoms with Crippen LogP contribution in [0.2, 0.25) is 0 Å². The van der Waals surface area contributed by atoms with Crippen LogP contribution in [0.15, 0.2) is 0 Å². The molecular formula is C7H13ClN2O3. The predicted molar refractivity (Wildman–Crippen MR) is 49.0 cm³/mol. The van der Waals surface area contributed by atoms with E-state index in [-0.39, 0.29) is 12.5 Å². The number of hydrogen-bond donors (Lipinski definition) is 2. The molecule has 0 saturated carbocycles. The minimum Gasteiger partial charge on any atom is -0.465 e. The van der Waals surface area contributed by atoms with Crippen molar-refractivity contribution in [3.63, 3.8) is 0 Å². The lowest BCUT2D eigenvalue weighted by Gasteiger charge is -2.14. The molecule has 6 heteroatoms. The molecule has 0 rings (SSSR count). The fraction of sp³-hybridized carbons (Fsp3) is 0.714. The predicted octanol–water partition coefficient (Wildman–Crippen LogP) is 0.340. The highest BCUT2D eigenvalue weighted by molar-refractivity contribution is 6.30. The molecule has 0 aromatic heterocycles. The molecule has 13 heavy (non-hydrogen) atoms. The molecule has 0 fully saturated rings. The highest BCUT2D eigenvalue weighted by Crippen LogP contribution is 2.02. The summed E-state index contributed by atoms with van der Waals surface area (Å²) in [6.07, 6.45) is -0.718. The first-order chi connectivity index (χ1) is 5.99. The third-order valence-electron chi connectivity index (χ3n) is 1.58. The van der Waals surface area contributed by atoms with Gasteiger partial charge in [0.1, 0.15) is 5.38 Å². The van der Waals surface area contributed by atoms with Gasteiger partial charge in [-0.15, -0.1) is 11.6 Å². The van der Waals surface area contributed by atoms with Crippen LogP contribution < -0.4 is 5.32 Å². The normalized spacial score (nSPS) is 11.9. The number of alkyl halides is 1. The Morgan fingerprint density at radius 2 is 2.15 bits per heavy atom. The molecule has 0 heterocycles. The van der Waals surface area contributed by atoms with Crippen LogP contribution in [0.3, 0.4) is 0 Å². The third-order valence-corrected chi connectivity index (χ3v) is 1.99. The van der Waals surface area contributed by atoms with Gasteiger partial charge in [-0.2, -0.15) is 0 Å². The monoisotopic (exact) mass is 208 g/mol. The first kappa shape index (κ1) is 12.0. The van der Waals surface area contributed by atoms with E-state index < -0.39 is 11.5 Å². The van der Waals surface area contributed by atoms with E-state index in [9.17, 15) is 9.59 Å². The quantitative estimate of drug-likeness (QED) is 0.655. The number of halogens is 1. The summed E-state index contributed by atoms with van der Waals surface area (Å²) in [6.45, 7) is 0.247. The minimum absolute atomic E-state index is 0.247. The molecule has 5 nitrogen and oxygen atoms in total. The second-order valence-corrected chi connectivity index (χ2v) is 3.10. The van der Waals surface area contributed by atoms with Crippen molar-refractivity contribution in [3.8, 4) is 0 Å². The van der Waals surface area contributed by atoms with Crippen LogP contribution in [0, 0.1) is 0 Å². The van der Waals surface area contributed by atoms with Gasteiger partial charge in [0.2, 0.25) is 5.91 Å². The topological polar surface area (TPSA) is 69.6 Å². The van der Waals surface area contributed by atoms with Gasteiger partial charge in [0.15, 0.2) is 0 Å². The number of rotatable bonds is 4. The maximum Gasteiger partial charge on any atom is 0.407 e. The van der Waals surface area contributed by atoms with E-state index in [1.165, 1.54) is 14.1 Å². The number of nitrogens with one attached hydrogen (secondary N) is 1. The lowest BCUT2D eigenvalue weighted by molar-refractivity contribution is -0.120. The first-order valence-corrected chi connectivity index (χ1v) is 4.22. The molecule has 0 saturated heterocycles. The zero-order chi connectivity index (χ0) is 10.4. The van der Waals surface area contributed by atoms with Crippen molar-refractivity contribution in [1.82, 2.24) is 10.2 Å². The van der Waals surface area contributed by atoms with E-state index in [0.29, 0.717) is 6.42 Å². The van der Waals surface area contributed by atoms with Crippen LogP contribution in [0.1, 0.15) is 6.42 Å². The molecule has 0 radical (unpaired) electrons.